The van der Waals surface area contributed by atoms with Gasteiger partial charge in [-0.1, -0.05) is 0 Å². The molecule has 1 saturated carbocycles. The molecule has 1 N–H and O–H groups in total. The summed E-state index contributed by atoms with van der Waals surface area (Å²) in [4.78, 5) is 13.9. The molecule has 1 aliphatic rings. The van der Waals surface area contributed by atoms with Gasteiger partial charge in [-0.05, 0) is 39.5 Å². The third-order valence-corrected chi connectivity index (χ3v) is 3.74. The average molecular weight is 265 g/mol. The van der Waals surface area contributed by atoms with Crippen LogP contribution in [0, 0.1) is 12.8 Å². The first-order chi connectivity index (χ1) is 8.91. The van der Waals surface area contributed by atoms with Crippen LogP contribution in [-0.4, -0.2) is 45.4 Å². The van der Waals surface area contributed by atoms with Gasteiger partial charge in [-0.25, -0.2) is 0 Å². The summed E-state index contributed by atoms with van der Waals surface area (Å²) in [5, 5.41) is 14.2. The molecule has 1 unspecified atom stereocenters. The van der Waals surface area contributed by atoms with E-state index in [0.717, 1.165) is 18.5 Å². The van der Waals surface area contributed by atoms with Crippen LogP contribution in [0.3, 0.4) is 0 Å². The summed E-state index contributed by atoms with van der Waals surface area (Å²) in [6.45, 7) is 6.38. The lowest BCUT2D eigenvalue weighted by molar-refractivity contribution is 0.0644. The number of hydrogen-bond acceptors (Lipinski definition) is 3. The first-order valence-electron chi connectivity index (χ1n) is 6.89. The first kappa shape index (κ1) is 14.1. The summed E-state index contributed by atoms with van der Waals surface area (Å²) in [6.07, 6.45) is 3.38. The van der Waals surface area contributed by atoms with E-state index in [0.29, 0.717) is 18.0 Å². The minimum Gasteiger partial charge on any atom is -0.391 e. The zero-order valence-electron chi connectivity index (χ0n) is 12.1. The van der Waals surface area contributed by atoms with Crippen LogP contribution in [-0.2, 0) is 0 Å². The molecule has 0 spiro atoms. The minimum absolute atomic E-state index is 0.0656. The summed E-state index contributed by atoms with van der Waals surface area (Å²) < 4.78 is 1.85. The number of aliphatic hydroxyl groups excluding tert-OH is 1. The second-order valence-electron chi connectivity index (χ2n) is 5.77. The minimum atomic E-state index is -0.394. The molecule has 0 saturated heterocycles. The SMILES string of the molecule is Cc1c(C(=O)N(C)CC(O)C2CC2)cnn1C(C)C. The van der Waals surface area contributed by atoms with Crippen LogP contribution in [0.15, 0.2) is 6.20 Å². The second kappa shape index (κ2) is 5.33. The van der Waals surface area contributed by atoms with Crippen LogP contribution in [0.1, 0.15) is 48.8 Å². The Morgan fingerprint density at radius 3 is 2.68 bits per heavy atom. The lowest BCUT2D eigenvalue weighted by Crippen LogP contribution is -2.35. The maximum Gasteiger partial charge on any atom is 0.257 e. The van der Waals surface area contributed by atoms with Gasteiger partial charge in [-0.2, -0.15) is 5.10 Å². The highest BCUT2D eigenvalue weighted by Gasteiger charge is 2.31. The van der Waals surface area contributed by atoms with Gasteiger partial charge in [0.25, 0.3) is 5.91 Å². The number of aliphatic hydroxyl groups is 1. The van der Waals surface area contributed by atoms with Crippen LogP contribution in [0.25, 0.3) is 0 Å². The molecule has 19 heavy (non-hydrogen) atoms. The number of rotatable bonds is 5. The number of aromatic nitrogens is 2. The molecule has 2 rings (SSSR count). The number of nitrogens with zero attached hydrogens (tertiary/aromatic N) is 3. The number of amides is 1. The molecule has 1 fully saturated rings. The zero-order valence-corrected chi connectivity index (χ0v) is 12.1. The van der Waals surface area contributed by atoms with Crippen LogP contribution >= 0.6 is 0 Å². The van der Waals surface area contributed by atoms with Crippen molar-refractivity contribution in [2.75, 3.05) is 13.6 Å². The van der Waals surface area contributed by atoms with Gasteiger partial charge in [0.15, 0.2) is 0 Å². The zero-order chi connectivity index (χ0) is 14.2. The fourth-order valence-corrected chi connectivity index (χ4v) is 2.35. The van der Waals surface area contributed by atoms with Crippen LogP contribution < -0.4 is 0 Å². The molecular formula is C14H23N3O2. The van der Waals surface area contributed by atoms with E-state index in [-0.39, 0.29) is 11.9 Å². The summed E-state index contributed by atoms with van der Waals surface area (Å²) in [7, 11) is 1.74. The molecule has 1 aliphatic carbocycles. The van der Waals surface area contributed by atoms with Crippen molar-refractivity contribution in [3.8, 4) is 0 Å². The highest BCUT2D eigenvalue weighted by molar-refractivity contribution is 5.94. The molecular weight excluding hydrogens is 242 g/mol. The fourth-order valence-electron chi connectivity index (χ4n) is 2.35. The van der Waals surface area contributed by atoms with E-state index in [2.05, 4.69) is 5.10 Å². The molecule has 1 aromatic rings. The smallest absolute Gasteiger partial charge is 0.257 e. The molecule has 1 atom stereocenters. The summed E-state index contributed by atoms with van der Waals surface area (Å²) in [5.74, 6) is 0.318. The van der Waals surface area contributed by atoms with Crippen molar-refractivity contribution in [3.05, 3.63) is 17.5 Å². The van der Waals surface area contributed by atoms with Gasteiger partial charge >= 0.3 is 0 Å². The van der Waals surface area contributed by atoms with Gasteiger partial charge in [0.1, 0.15) is 0 Å². The normalized spacial score (nSPS) is 16.7. The van der Waals surface area contributed by atoms with Gasteiger partial charge in [0.05, 0.1) is 17.9 Å². The summed E-state index contributed by atoms with van der Waals surface area (Å²) >= 11 is 0. The van der Waals surface area contributed by atoms with E-state index < -0.39 is 6.10 Å². The van der Waals surface area contributed by atoms with Crippen molar-refractivity contribution in [3.63, 3.8) is 0 Å². The van der Waals surface area contributed by atoms with Gasteiger partial charge in [0.2, 0.25) is 0 Å². The molecule has 5 nitrogen and oxygen atoms in total. The van der Waals surface area contributed by atoms with E-state index in [1.165, 1.54) is 0 Å². The van der Waals surface area contributed by atoms with Crippen LogP contribution in [0.5, 0.6) is 0 Å². The fraction of sp³-hybridized carbons (Fsp3) is 0.714. The lowest BCUT2D eigenvalue weighted by atomic mass is 10.2. The Labute approximate surface area is 114 Å². The van der Waals surface area contributed by atoms with Gasteiger partial charge < -0.3 is 10.0 Å². The standard InChI is InChI=1S/C14H23N3O2/c1-9(2)17-10(3)12(7-15-17)14(19)16(4)8-13(18)11-5-6-11/h7,9,11,13,18H,5-6,8H2,1-4H3. The van der Waals surface area contributed by atoms with E-state index >= 15 is 0 Å². The maximum absolute atomic E-state index is 12.3. The van der Waals surface area contributed by atoms with Crippen LogP contribution in [0.2, 0.25) is 0 Å². The van der Waals surface area contributed by atoms with Gasteiger partial charge in [-0.3, -0.25) is 9.48 Å². The molecule has 0 aliphatic heterocycles. The van der Waals surface area contributed by atoms with Crippen molar-refractivity contribution >= 4 is 5.91 Å². The Hall–Kier alpha value is -1.36. The summed E-state index contributed by atoms with van der Waals surface area (Å²) in [6, 6.07) is 0.240. The number of carbonyl (C=O) groups is 1. The van der Waals surface area contributed by atoms with E-state index in [1.54, 1.807) is 18.1 Å². The Bertz CT molecular complexity index is 463. The predicted octanol–water partition coefficient (Wildman–Crippen LogP) is 1.62. The maximum atomic E-state index is 12.3. The Kier molecular flexibility index (Phi) is 3.94. The Morgan fingerprint density at radius 1 is 1.58 bits per heavy atom. The van der Waals surface area contributed by atoms with E-state index in [1.807, 2.05) is 25.5 Å². The Morgan fingerprint density at radius 2 is 2.21 bits per heavy atom. The van der Waals surface area contributed by atoms with Crippen molar-refractivity contribution in [2.24, 2.45) is 5.92 Å². The van der Waals surface area contributed by atoms with Crippen LogP contribution in [0.4, 0.5) is 0 Å². The van der Waals surface area contributed by atoms with Crippen molar-refractivity contribution in [2.45, 2.75) is 45.8 Å². The highest BCUT2D eigenvalue weighted by Crippen LogP contribution is 2.32. The monoisotopic (exact) mass is 265 g/mol. The molecule has 0 bridgehead atoms. The molecule has 0 aromatic carbocycles. The second-order valence-corrected chi connectivity index (χ2v) is 5.77. The third-order valence-electron chi connectivity index (χ3n) is 3.74. The number of carbonyl (C=O) groups excluding carboxylic acids is 1. The third kappa shape index (κ3) is 2.97. The largest absolute Gasteiger partial charge is 0.391 e. The topological polar surface area (TPSA) is 58.4 Å². The number of likely N-dealkylation sites (N-methyl/N-ethyl adjacent to an activating group) is 1. The quantitative estimate of drug-likeness (QED) is 0.880. The van der Waals surface area contributed by atoms with Gasteiger partial charge in [-0.15, -0.1) is 0 Å². The van der Waals surface area contributed by atoms with E-state index in [4.69, 9.17) is 0 Å². The average Bonchev–Trinajstić information content (AvgIpc) is 3.11. The first-order valence-corrected chi connectivity index (χ1v) is 6.89. The lowest BCUT2D eigenvalue weighted by Gasteiger charge is -2.20. The Balaban J connectivity index is 2.05. The van der Waals surface area contributed by atoms with Crippen molar-refractivity contribution in [1.29, 1.82) is 0 Å². The highest BCUT2D eigenvalue weighted by atomic mass is 16.3. The molecule has 5 heteroatoms. The molecule has 0 radical (unpaired) electrons. The molecule has 1 aromatic heterocycles. The van der Waals surface area contributed by atoms with Crippen molar-refractivity contribution < 1.29 is 9.90 Å². The number of hydrogen-bond donors (Lipinski definition) is 1. The molecule has 1 heterocycles. The van der Waals surface area contributed by atoms with Gasteiger partial charge in [0, 0.05) is 25.3 Å². The molecule has 1 amide bonds. The summed E-state index contributed by atoms with van der Waals surface area (Å²) in [5.41, 5.74) is 1.51. The predicted molar refractivity (Wildman–Crippen MR) is 73.0 cm³/mol. The van der Waals surface area contributed by atoms with Crippen molar-refractivity contribution in [1.82, 2.24) is 14.7 Å². The molecule has 106 valence electrons. The van der Waals surface area contributed by atoms with E-state index in [9.17, 15) is 9.90 Å².